The first kappa shape index (κ1) is 15.8. The van der Waals surface area contributed by atoms with Crippen LogP contribution in [-0.2, 0) is 18.0 Å². The molecule has 22 heavy (non-hydrogen) atoms. The summed E-state index contributed by atoms with van der Waals surface area (Å²) >= 11 is 0. The molecule has 0 unspecified atom stereocenters. The minimum Gasteiger partial charge on any atom is -0.463 e. The number of hydrogen-bond donors (Lipinski definition) is 0. The van der Waals surface area contributed by atoms with Crippen LogP contribution in [-0.4, -0.2) is 39.3 Å². The fraction of sp³-hybridized carbons (Fsp3) is 0.267. The van der Waals surface area contributed by atoms with Gasteiger partial charge in [-0.25, -0.2) is 18.9 Å². The third-order valence-electron chi connectivity index (χ3n) is 2.99. The summed E-state index contributed by atoms with van der Waals surface area (Å²) in [6, 6.07) is 6.59. The molecule has 6 nitrogen and oxygen atoms in total. The van der Waals surface area contributed by atoms with Gasteiger partial charge in [0, 0.05) is 18.7 Å². The molecular formula is C15H17FN4O2. The second-order valence-corrected chi connectivity index (χ2v) is 4.63. The minimum absolute atomic E-state index is 0.00746. The van der Waals surface area contributed by atoms with Crippen LogP contribution in [0.1, 0.15) is 16.2 Å². The Morgan fingerprint density at radius 3 is 2.95 bits per heavy atom. The van der Waals surface area contributed by atoms with Gasteiger partial charge in [0.1, 0.15) is 12.1 Å². The van der Waals surface area contributed by atoms with Crippen LogP contribution < -0.4 is 0 Å². The van der Waals surface area contributed by atoms with Crippen molar-refractivity contribution in [2.45, 2.75) is 13.2 Å². The molecule has 2 aromatic rings. The second kappa shape index (κ2) is 7.46. The number of nitrogens with zero attached hydrogens (tertiary/aromatic N) is 4. The van der Waals surface area contributed by atoms with Gasteiger partial charge in [0.15, 0.2) is 0 Å². The maximum absolute atomic E-state index is 13.7. The van der Waals surface area contributed by atoms with Crippen LogP contribution in [0.15, 0.2) is 43.2 Å². The maximum Gasteiger partial charge on any atom is 0.377 e. The van der Waals surface area contributed by atoms with Crippen LogP contribution in [0.5, 0.6) is 0 Å². The van der Waals surface area contributed by atoms with Crippen LogP contribution in [0.3, 0.4) is 0 Å². The Balaban J connectivity index is 2.08. The zero-order chi connectivity index (χ0) is 15.9. The van der Waals surface area contributed by atoms with Crippen molar-refractivity contribution >= 4 is 5.97 Å². The molecule has 0 atom stereocenters. The quantitative estimate of drug-likeness (QED) is 0.577. The fourth-order valence-corrected chi connectivity index (χ4v) is 1.97. The number of esters is 1. The van der Waals surface area contributed by atoms with Gasteiger partial charge in [-0.1, -0.05) is 24.3 Å². The van der Waals surface area contributed by atoms with E-state index in [2.05, 4.69) is 21.4 Å². The summed E-state index contributed by atoms with van der Waals surface area (Å²) in [6.45, 7) is 4.99. The summed E-state index contributed by atoms with van der Waals surface area (Å²) in [5.74, 6) is -0.861. The minimum atomic E-state index is -0.594. The largest absolute Gasteiger partial charge is 0.463 e. The molecule has 0 fully saturated rings. The van der Waals surface area contributed by atoms with Crippen molar-refractivity contribution in [2.24, 2.45) is 0 Å². The van der Waals surface area contributed by atoms with Crippen LogP contribution in [0.25, 0.3) is 0 Å². The number of hydrogen-bond acceptors (Lipinski definition) is 5. The molecule has 0 aliphatic carbocycles. The van der Waals surface area contributed by atoms with Gasteiger partial charge in [0.2, 0.25) is 0 Å². The predicted octanol–water partition coefficient (Wildman–Crippen LogP) is 1.85. The maximum atomic E-state index is 13.7. The number of rotatable bonds is 7. The Kier molecular flexibility index (Phi) is 5.37. The van der Waals surface area contributed by atoms with Gasteiger partial charge in [-0.05, 0) is 6.07 Å². The molecule has 0 aliphatic rings. The number of halogens is 1. The topological polar surface area (TPSA) is 60.2 Å². The zero-order valence-corrected chi connectivity index (χ0v) is 12.3. The van der Waals surface area contributed by atoms with E-state index in [1.165, 1.54) is 24.2 Å². The van der Waals surface area contributed by atoms with Gasteiger partial charge in [0.05, 0.1) is 13.8 Å². The Labute approximate surface area is 127 Å². The van der Waals surface area contributed by atoms with Gasteiger partial charge in [0.25, 0.3) is 5.82 Å². The summed E-state index contributed by atoms with van der Waals surface area (Å²) in [5.41, 5.74) is 0.581. The highest BCUT2D eigenvalue weighted by atomic mass is 19.1. The van der Waals surface area contributed by atoms with E-state index in [1.54, 1.807) is 24.3 Å². The van der Waals surface area contributed by atoms with E-state index >= 15 is 0 Å². The van der Waals surface area contributed by atoms with E-state index in [4.69, 9.17) is 0 Å². The van der Waals surface area contributed by atoms with Crippen molar-refractivity contribution in [3.8, 4) is 0 Å². The number of carbonyl (C=O) groups excluding carboxylic acids is 1. The fourth-order valence-electron chi connectivity index (χ4n) is 1.97. The monoisotopic (exact) mass is 304 g/mol. The normalized spacial score (nSPS) is 10.7. The third-order valence-corrected chi connectivity index (χ3v) is 2.99. The lowest BCUT2D eigenvalue weighted by molar-refractivity contribution is 0.0585. The van der Waals surface area contributed by atoms with Gasteiger partial charge in [-0.2, -0.15) is 0 Å². The summed E-state index contributed by atoms with van der Waals surface area (Å²) in [7, 11) is 1.27. The van der Waals surface area contributed by atoms with E-state index in [1.807, 2.05) is 4.90 Å². The molecule has 0 N–H and O–H groups in total. The first-order valence-corrected chi connectivity index (χ1v) is 6.68. The molecule has 2 rings (SSSR count). The standard InChI is InChI=1S/C15H17FN4O2/c1-3-8-19(9-12-6-4-5-7-13(12)16)11-20-10-17-14(18-20)15(21)22-2/h3-7,10H,1,8-9,11H2,2H3. The zero-order valence-electron chi connectivity index (χ0n) is 12.3. The van der Waals surface area contributed by atoms with E-state index in [0.717, 1.165) is 0 Å². The van der Waals surface area contributed by atoms with E-state index in [-0.39, 0.29) is 11.6 Å². The van der Waals surface area contributed by atoms with Crippen LogP contribution >= 0.6 is 0 Å². The molecule has 0 aliphatic heterocycles. The molecule has 0 bridgehead atoms. The Bertz CT molecular complexity index is 656. The highest BCUT2D eigenvalue weighted by Gasteiger charge is 2.13. The molecule has 0 spiro atoms. The number of carbonyl (C=O) groups is 1. The Hall–Kier alpha value is -2.54. The Morgan fingerprint density at radius 1 is 1.50 bits per heavy atom. The van der Waals surface area contributed by atoms with Crippen molar-refractivity contribution in [2.75, 3.05) is 13.7 Å². The molecule has 0 saturated carbocycles. The lowest BCUT2D eigenvalue weighted by atomic mass is 10.2. The SMILES string of the molecule is C=CCN(Cc1ccccc1F)Cn1cnc(C(=O)OC)n1. The van der Waals surface area contributed by atoms with Crippen molar-refractivity contribution in [3.63, 3.8) is 0 Å². The summed E-state index contributed by atoms with van der Waals surface area (Å²) < 4.78 is 19.8. The van der Waals surface area contributed by atoms with Crippen LogP contribution in [0, 0.1) is 5.82 Å². The third kappa shape index (κ3) is 3.98. The smallest absolute Gasteiger partial charge is 0.377 e. The summed E-state index contributed by atoms with van der Waals surface area (Å²) in [5, 5.41) is 4.03. The molecule has 0 amide bonds. The van der Waals surface area contributed by atoms with E-state index in [0.29, 0.717) is 25.3 Å². The van der Waals surface area contributed by atoms with Crippen molar-refractivity contribution in [1.29, 1.82) is 0 Å². The van der Waals surface area contributed by atoms with Crippen LogP contribution in [0.4, 0.5) is 4.39 Å². The lowest BCUT2D eigenvalue weighted by Gasteiger charge is -2.20. The average molecular weight is 304 g/mol. The first-order valence-electron chi connectivity index (χ1n) is 6.68. The molecule has 1 aromatic heterocycles. The highest BCUT2D eigenvalue weighted by molar-refractivity contribution is 5.84. The van der Waals surface area contributed by atoms with Crippen molar-refractivity contribution in [3.05, 3.63) is 60.5 Å². The Morgan fingerprint density at radius 2 is 2.27 bits per heavy atom. The van der Waals surface area contributed by atoms with Gasteiger partial charge in [-0.15, -0.1) is 11.7 Å². The number of benzene rings is 1. The summed E-state index contributed by atoms with van der Waals surface area (Å²) in [6.07, 6.45) is 3.16. The average Bonchev–Trinajstić information content (AvgIpc) is 2.97. The van der Waals surface area contributed by atoms with E-state index in [9.17, 15) is 9.18 Å². The number of methoxy groups -OCH3 is 1. The van der Waals surface area contributed by atoms with Gasteiger partial charge < -0.3 is 4.74 Å². The molecule has 0 radical (unpaired) electrons. The molecule has 1 aromatic carbocycles. The molecule has 7 heteroatoms. The molecular weight excluding hydrogens is 287 g/mol. The van der Waals surface area contributed by atoms with Gasteiger partial charge in [-0.3, -0.25) is 4.90 Å². The summed E-state index contributed by atoms with van der Waals surface area (Å²) in [4.78, 5) is 17.1. The molecule has 0 saturated heterocycles. The van der Waals surface area contributed by atoms with Crippen LogP contribution in [0.2, 0.25) is 0 Å². The number of ether oxygens (including phenoxy) is 1. The molecule has 1 heterocycles. The van der Waals surface area contributed by atoms with E-state index < -0.39 is 5.97 Å². The lowest BCUT2D eigenvalue weighted by Crippen LogP contribution is -2.27. The predicted molar refractivity (Wildman–Crippen MR) is 78.4 cm³/mol. The second-order valence-electron chi connectivity index (χ2n) is 4.63. The van der Waals surface area contributed by atoms with Crippen molar-refractivity contribution < 1.29 is 13.9 Å². The highest BCUT2D eigenvalue weighted by Crippen LogP contribution is 2.10. The first-order chi connectivity index (χ1) is 10.6. The number of aromatic nitrogens is 3. The van der Waals surface area contributed by atoms with Crippen molar-refractivity contribution in [1.82, 2.24) is 19.7 Å². The van der Waals surface area contributed by atoms with Gasteiger partial charge >= 0.3 is 5.97 Å². The molecule has 116 valence electrons.